The number of allylic oxidation sites excluding steroid dienone is 1. The van der Waals surface area contributed by atoms with E-state index in [9.17, 15) is 4.39 Å². The Hall–Kier alpha value is -2.91. The van der Waals surface area contributed by atoms with E-state index in [4.69, 9.17) is 9.47 Å². The van der Waals surface area contributed by atoms with Crippen LogP contribution < -0.4 is 4.74 Å². The van der Waals surface area contributed by atoms with E-state index in [1.54, 1.807) is 13.2 Å². The van der Waals surface area contributed by atoms with Crippen LogP contribution in [0.5, 0.6) is 5.75 Å². The van der Waals surface area contributed by atoms with E-state index >= 15 is 0 Å². The second-order valence-electron chi connectivity index (χ2n) is 7.55. The molecule has 0 heterocycles. The van der Waals surface area contributed by atoms with Crippen molar-refractivity contribution in [1.29, 1.82) is 0 Å². The molecule has 0 amide bonds. The van der Waals surface area contributed by atoms with Gasteiger partial charge in [-0.05, 0) is 78.6 Å². The number of benzene rings is 3. The molecule has 0 atom stereocenters. The summed E-state index contributed by atoms with van der Waals surface area (Å²) in [6.07, 6.45) is 7.62. The Morgan fingerprint density at radius 1 is 0.774 bits per heavy atom. The van der Waals surface area contributed by atoms with E-state index in [1.165, 1.54) is 11.1 Å². The summed E-state index contributed by atoms with van der Waals surface area (Å²) in [7, 11) is 1.69. The lowest BCUT2D eigenvalue weighted by molar-refractivity contribution is 0.233. The van der Waals surface area contributed by atoms with Crippen molar-refractivity contribution in [3.05, 3.63) is 101 Å². The van der Waals surface area contributed by atoms with Crippen LogP contribution in [-0.4, -0.2) is 20.3 Å². The zero-order chi connectivity index (χ0) is 21.9. The fraction of sp³-hybridized carbons (Fsp3) is 0.286. The van der Waals surface area contributed by atoms with Crippen molar-refractivity contribution >= 4 is 0 Å². The van der Waals surface area contributed by atoms with Crippen LogP contribution in [0.15, 0.2) is 78.9 Å². The molecule has 0 bridgehead atoms. The summed E-state index contributed by atoms with van der Waals surface area (Å²) in [5.74, 6) is 0.728. The average molecular weight is 419 g/mol. The molecule has 0 aliphatic carbocycles. The van der Waals surface area contributed by atoms with Crippen LogP contribution in [0, 0.1) is 5.82 Å². The third kappa shape index (κ3) is 7.08. The lowest BCUT2D eigenvalue weighted by atomic mass is 9.98. The van der Waals surface area contributed by atoms with Gasteiger partial charge in [-0.15, -0.1) is 0 Å². The first-order valence-electron chi connectivity index (χ1n) is 10.9. The van der Waals surface area contributed by atoms with Gasteiger partial charge in [0.1, 0.15) is 11.6 Å². The van der Waals surface area contributed by atoms with Gasteiger partial charge in [-0.2, -0.15) is 0 Å². The SMILES string of the molecule is CCOc1ccc(CCc2ccc(-c3ccc(CC/C=C/COC)cc3)cc2F)cc1. The molecule has 0 aliphatic rings. The number of hydrogen-bond donors (Lipinski definition) is 0. The summed E-state index contributed by atoms with van der Waals surface area (Å²) in [4.78, 5) is 0. The first-order chi connectivity index (χ1) is 15.2. The van der Waals surface area contributed by atoms with Gasteiger partial charge in [0.15, 0.2) is 0 Å². The van der Waals surface area contributed by atoms with Crippen molar-refractivity contribution in [2.24, 2.45) is 0 Å². The maximum atomic E-state index is 14.7. The molecule has 0 N–H and O–H groups in total. The Morgan fingerprint density at radius 3 is 2.13 bits per heavy atom. The van der Waals surface area contributed by atoms with Crippen LogP contribution >= 0.6 is 0 Å². The Kier molecular flexibility index (Phi) is 8.86. The van der Waals surface area contributed by atoms with Crippen molar-refractivity contribution in [3.8, 4) is 16.9 Å². The molecule has 3 aromatic carbocycles. The average Bonchev–Trinajstić information content (AvgIpc) is 2.80. The van der Waals surface area contributed by atoms with Crippen LogP contribution in [-0.2, 0) is 24.0 Å². The maximum Gasteiger partial charge on any atom is 0.127 e. The molecule has 31 heavy (non-hydrogen) atoms. The van der Waals surface area contributed by atoms with Gasteiger partial charge in [-0.25, -0.2) is 4.39 Å². The molecule has 0 radical (unpaired) electrons. The summed E-state index contributed by atoms with van der Waals surface area (Å²) in [5, 5.41) is 0. The molecule has 3 heteroatoms. The molecular weight excluding hydrogens is 387 g/mol. The monoisotopic (exact) mass is 418 g/mol. The summed E-state index contributed by atoms with van der Waals surface area (Å²) in [6, 6.07) is 22.0. The molecule has 0 spiro atoms. The van der Waals surface area contributed by atoms with E-state index in [0.717, 1.165) is 41.7 Å². The lowest BCUT2D eigenvalue weighted by Gasteiger charge is -2.09. The van der Waals surface area contributed by atoms with Crippen molar-refractivity contribution in [2.75, 3.05) is 20.3 Å². The van der Waals surface area contributed by atoms with E-state index in [1.807, 2.05) is 49.4 Å². The minimum absolute atomic E-state index is 0.143. The summed E-state index contributed by atoms with van der Waals surface area (Å²) < 4.78 is 25.2. The normalized spacial score (nSPS) is 11.2. The minimum Gasteiger partial charge on any atom is -0.494 e. The predicted octanol–water partition coefficient (Wildman–Crippen LogP) is 6.81. The smallest absolute Gasteiger partial charge is 0.127 e. The summed E-state index contributed by atoms with van der Waals surface area (Å²) in [5.41, 5.74) is 5.15. The second kappa shape index (κ2) is 12.1. The molecule has 0 saturated carbocycles. The Balaban J connectivity index is 1.57. The van der Waals surface area contributed by atoms with Crippen LogP contribution in [0.4, 0.5) is 4.39 Å². The molecule has 0 saturated heterocycles. The van der Waals surface area contributed by atoms with Crippen LogP contribution in [0.1, 0.15) is 30.0 Å². The van der Waals surface area contributed by atoms with Crippen molar-refractivity contribution in [1.82, 2.24) is 0 Å². The Bertz CT molecular complexity index is 959. The molecule has 162 valence electrons. The topological polar surface area (TPSA) is 18.5 Å². The van der Waals surface area contributed by atoms with Crippen molar-refractivity contribution in [2.45, 2.75) is 32.6 Å². The standard InChI is InChI=1S/C28H31FO2/c1-3-31-27-18-11-23(12-19-27)10-15-25-16-17-26(21-28(25)29)24-13-8-22(9-14-24)7-5-4-6-20-30-2/h4,6,8-9,11-14,16-19,21H,3,5,7,10,15,20H2,1-2H3/b6-4+. The highest BCUT2D eigenvalue weighted by Crippen LogP contribution is 2.24. The van der Waals surface area contributed by atoms with Gasteiger partial charge in [0.2, 0.25) is 0 Å². The van der Waals surface area contributed by atoms with Gasteiger partial charge in [0.25, 0.3) is 0 Å². The lowest BCUT2D eigenvalue weighted by Crippen LogP contribution is -1.96. The maximum absolute atomic E-state index is 14.7. The number of rotatable bonds is 11. The van der Waals surface area contributed by atoms with Gasteiger partial charge in [-0.1, -0.05) is 60.7 Å². The molecule has 0 aliphatic heterocycles. The molecule has 2 nitrogen and oxygen atoms in total. The highest BCUT2D eigenvalue weighted by atomic mass is 19.1. The first-order valence-corrected chi connectivity index (χ1v) is 10.9. The van der Waals surface area contributed by atoms with Gasteiger partial charge < -0.3 is 9.47 Å². The highest BCUT2D eigenvalue weighted by molar-refractivity contribution is 5.64. The predicted molar refractivity (Wildman–Crippen MR) is 126 cm³/mol. The number of aryl methyl sites for hydroxylation is 3. The largest absolute Gasteiger partial charge is 0.494 e. The number of ether oxygens (including phenoxy) is 2. The van der Waals surface area contributed by atoms with Gasteiger partial charge >= 0.3 is 0 Å². The second-order valence-corrected chi connectivity index (χ2v) is 7.55. The summed E-state index contributed by atoms with van der Waals surface area (Å²) >= 11 is 0. The van der Waals surface area contributed by atoms with E-state index < -0.39 is 0 Å². The van der Waals surface area contributed by atoms with E-state index in [-0.39, 0.29) is 5.82 Å². The highest BCUT2D eigenvalue weighted by Gasteiger charge is 2.06. The van der Waals surface area contributed by atoms with Gasteiger partial charge in [0, 0.05) is 7.11 Å². The number of halogens is 1. The van der Waals surface area contributed by atoms with Crippen LogP contribution in [0.25, 0.3) is 11.1 Å². The van der Waals surface area contributed by atoms with Crippen molar-refractivity contribution < 1.29 is 13.9 Å². The molecule has 3 rings (SSSR count). The first kappa shape index (κ1) is 22.8. The molecule has 3 aromatic rings. The Morgan fingerprint density at radius 2 is 1.45 bits per heavy atom. The summed E-state index contributed by atoms with van der Waals surface area (Å²) in [6.45, 7) is 3.28. The zero-order valence-corrected chi connectivity index (χ0v) is 18.4. The molecule has 0 aromatic heterocycles. The minimum atomic E-state index is -0.143. The Labute approximate surface area is 185 Å². The van der Waals surface area contributed by atoms with Gasteiger partial charge in [0.05, 0.1) is 13.2 Å². The van der Waals surface area contributed by atoms with Crippen LogP contribution in [0.3, 0.4) is 0 Å². The van der Waals surface area contributed by atoms with E-state index in [0.29, 0.717) is 19.6 Å². The van der Waals surface area contributed by atoms with Crippen LogP contribution in [0.2, 0.25) is 0 Å². The molecule has 0 fully saturated rings. The number of methoxy groups -OCH3 is 1. The third-order valence-corrected chi connectivity index (χ3v) is 5.29. The molecular formula is C28H31FO2. The fourth-order valence-electron chi connectivity index (χ4n) is 3.52. The van der Waals surface area contributed by atoms with E-state index in [2.05, 4.69) is 30.3 Å². The third-order valence-electron chi connectivity index (χ3n) is 5.29. The number of hydrogen-bond acceptors (Lipinski definition) is 2. The van der Waals surface area contributed by atoms with Crippen molar-refractivity contribution in [3.63, 3.8) is 0 Å². The zero-order valence-electron chi connectivity index (χ0n) is 18.4. The van der Waals surface area contributed by atoms with Gasteiger partial charge in [-0.3, -0.25) is 0 Å². The quantitative estimate of drug-likeness (QED) is 0.318. The molecule has 0 unspecified atom stereocenters. The fourth-order valence-corrected chi connectivity index (χ4v) is 3.52.